The predicted octanol–water partition coefficient (Wildman–Crippen LogP) is 5.83. The van der Waals surface area contributed by atoms with Gasteiger partial charge in [-0.25, -0.2) is 4.79 Å². The minimum absolute atomic E-state index is 0.0194. The van der Waals surface area contributed by atoms with Crippen molar-refractivity contribution in [2.24, 2.45) is 38.8 Å². The molecule has 3 saturated carbocycles. The summed E-state index contributed by atoms with van der Waals surface area (Å²) in [5.74, 6) is -2.68. The van der Waals surface area contributed by atoms with Crippen molar-refractivity contribution >= 4 is 36.5 Å². The highest BCUT2D eigenvalue weighted by Gasteiger charge is 2.68. The molecule has 0 spiro atoms. The lowest BCUT2D eigenvalue weighted by Gasteiger charge is -2.59. The van der Waals surface area contributed by atoms with Crippen LogP contribution in [-0.2, 0) is 25.1 Å². The van der Waals surface area contributed by atoms with Gasteiger partial charge < -0.3 is 29.8 Å². The largest absolute Gasteiger partial charge is 0.507 e. The predicted molar refractivity (Wildman–Crippen MR) is 178 cm³/mol. The van der Waals surface area contributed by atoms with Gasteiger partial charge in [0.25, 0.3) is 0 Å². The summed E-state index contributed by atoms with van der Waals surface area (Å²) in [5, 5.41) is 50.7. The van der Waals surface area contributed by atoms with E-state index in [9.17, 15) is 44.3 Å². The number of aromatic carboxylic acids is 1. The van der Waals surface area contributed by atoms with Gasteiger partial charge in [-0.05, 0) is 92.3 Å². The quantitative estimate of drug-likeness (QED) is 0.149. The molecule has 4 aliphatic carbocycles. The van der Waals surface area contributed by atoms with Crippen molar-refractivity contribution in [3.63, 3.8) is 0 Å². The van der Waals surface area contributed by atoms with E-state index in [0.717, 1.165) is 12.0 Å². The summed E-state index contributed by atoms with van der Waals surface area (Å²) >= 11 is 0. The number of aromatic hydroxyl groups is 1. The van der Waals surface area contributed by atoms with Crippen molar-refractivity contribution in [3.8, 4) is 5.75 Å². The smallest absolute Gasteiger partial charge is 0.339 e. The Morgan fingerprint density at radius 2 is 1.86 bits per heavy atom. The zero-order chi connectivity index (χ0) is 35.4. The number of phenols is 1. The third-order valence-corrected chi connectivity index (χ3v) is 13.0. The minimum Gasteiger partial charge on any atom is -0.507 e. The number of carboxylic acids is 1. The number of nitrogens with zero attached hydrogens (tertiary/aromatic N) is 2. The molecule has 6 rings (SSSR count). The molecule has 2 aromatic rings. The molecule has 5 N–H and O–H groups in total. The van der Waals surface area contributed by atoms with Gasteiger partial charge in [0.1, 0.15) is 23.5 Å². The second-order valence-corrected chi connectivity index (χ2v) is 16.2. The Balaban J connectivity index is 1.11. The number of hydrogen-bond acceptors (Lipinski definition) is 10. The number of fused-ring (bicyclic) bond motifs is 5. The highest BCUT2D eigenvalue weighted by Crippen LogP contribution is 2.67. The first-order valence-electron chi connectivity index (χ1n) is 16.5. The van der Waals surface area contributed by atoms with Gasteiger partial charge in [0.05, 0.1) is 23.6 Å². The molecule has 0 heterocycles. The Hall–Kier alpha value is -3.80. The van der Waals surface area contributed by atoms with Crippen LogP contribution in [0.2, 0.25) is 0 Å². The number of rotatable bonds is 10. The van der Waals surface area contributed by atoms with Crippen LogP contribution in [-0.4, -0.2) is 67.3 Å². The van der Waals surface area contributed by atoms with E-state index < -0.39 is 54.2 Å². The van der Waals surface area contributed by atoms with Gasteiger partial charge >= 0.3 is 13.6 Å². The zero-order valence-corrected chi connectivity index (χ0v) is 28.3. The van der Waals surface area contributed by atoms with Gasteiger partial charge in [-0.15, -0.1) is 0 Å². The maximum atomic E-state index is 13.7. The summed E-state index contributed by atoms with van der Waals surface area (Å²) in [6.07, 6.45) is 6.33. The molecule has 0 aliphatic heterocycles. The van der Waals surface area contributed by atoms with Crippen LogP contribution >= 0.6 is 7.60 Å². The number of hydrogen-bond donors (Lipinski definition) is 5. The second-order valence-electron chi connectivity index (χ2n) is 14.3. The lowest BCUT2D eigenvalue weighted by atomic mass is 9.46. The number of aliphatic hydroxyl groups is 2. The monoisotopic (exact) mass is 692 g/mol. The highest BCUT2D eigenvalue weighted by molar-refractivity contribution is 7.52. The number of carbonyl (C=O) groups excluding carboxylic acids is 2. The Morgan fingerprint density at radius 3 is 2.61 bits per heavy atom. The maximum absolute atomic E-state index is 13.7. The molecule has 12 nitrogen and oxygen atoms in total. The van der Waals surface area contributed by atoms with E-state index in [1.54, 1.807) is 36.4 Å². The zero-order valence-electron chi connectivity index (χ0n) is 27.4. The van der Waals surface area contributed by atoms with Crippen molar-refractivity contribution in [2.45, 2.75) is 64.1 Å². The molecular weight excluding hydrogens is 651 g/mol. The van der Waals surface area contributed by atoms with Crippen LogP contribution in [0.1, 0.15) is 61.9 Å². The number of azo groups is 1. The Bertz CT molecular complexity index is 1840. The first kappa shape index (κ1) is 35.0. The fourth-order valence-electron chi connectivity index (χ4n) is 9.08. The normalized spacial score (nSPS) is 33.3. The average molecular weight is 693 g/mol. The Labute approximate surface area is 283 Å². The molecule has 3 fully saturated rings. The van der Waals surface area contributed by atoms with E-state index in [2.05, 4.69) is 17.2 Å². The van der Waals surface area contributed by atoms with Crippen molar-refractivity contribution in [1.82, 2.24) is 0 Å². The molecule has 4 aliphatic rings. The van der Waals surface area contributed by atoms with E-state index >= 15 is 0 Å². The van der Waals surface area contributed by atoms with Crippen LogP contribution < -0.4 is 0 Å². The van der Waals surface area contributed by atoms with Crippen molar-refractivity contribution in [2.75, 3.05) is 12.8 Å². The summed E-state index contributed by atoms with van der Waals surface area (Å²) in [6, 6.07) is 10.5. The van der Waals surface area contributed by atoms with E-state index in [4.69, 9.17) is 4.52 Å². The van der Waals surface area contributed by atoms with Crippen LogP contribution in [0.4, 0.5) is 11.4 Å². The van der Waals surface area contributed by atoms with Gasteiger partial charge in [0.2, 0.25) is 0 Å². The third-order valence-electron chi connectivity index (χ3n) is 11.6. The molecular formula is C36H41N2O10P. The van der Waals surface area contributed by atoms with Crippen molar-refractivity contribution < 1.29 is 48.8 Å². The van der Waals surface area contributed by atoms with Gasteiger partial charge in [0.15, 0.2) is 11.6 Å². The van der Waals surface area contributed by atoms with E-state index in [-0.39, 0.29) is 60.2 Å². The summed E-state index contributed by atoms with van der Waals surface area (Å²) in [5.41, 5.74) is -1.51. The number of carbonyl (C=O) groups is 3. The van der Waals surface area contributed by atoms with E-state index in [1.165, 1.54) is 18.2 Å². The summed E-state index contributed by atoms with van der Waals surface area (Å²) in [4.78, 5) is 47.8. The number of carboxylic acid groups (broad SMARTS) is 1. The number of benzene rings is 2. The number of aliphatic hydroxyl groups excluding tert-OH is 1. The molecule has 0 amide bonds. The first-order valence-corrected chi connectivity index (χ1v) is 18.2. The van der Waals surface area contributed by atoms with Crippen LogP contribution in [0.25, 0.3) is 0 Å². The third kappa shape index (κ3) is 6.25. The van der Waals surface area contributed by atoms with Crippen LogP contribution in [0.15, 0.2) is 76.5 Å². The SMILES string of the molecule is CC12C=CC(=O)C=C1CCC1C2C(O)CC2(C)C1CCC2(O)C(=O)COP(=O)(O)CCc1ccccc1/N=N/c1ccc(O)c(C(=O)O)c1. The topological polar surface area (TPSA) is 203 Å². The molecule has 0 saturated heterocycles. The standard InChI is InChI=1S/C36H41N2O10P/c1-34-14-11-24(39)17-22(34)7-9-25-27-12-15-36(45,35(27,2)19-30(41)32(25)34)31(42)20-48-49(46,47)16-13-21-5-3-4-6-28(21)38-37-23-8-10-29(40)26(18-23)33(43)44/h3-6,8,10-11,14,17-18,25,27,30,32,40-41,45H,7,9,12-13,15-16,19-20H2,1-2H3,(H,43,44)(H,46,47)/b38-37+. The maximum Gasteiger partial charge on any atom is 0.339 e. The number of Topliss-reactive ketones (excluding diaryl/α,β-unsaturated/α-hetero) is 1. The van der Waals surface area contributed by atoms with Gasteiger partial charge in [-0.2, -0.15) is 10.2 Å². The molecule has 0 radical (unpaired) electrons. The molecule has 13 heteroatoms. The molecule has 49 heavy (non-hydrogen) atoms. The molecule has 8 unspecified atom stereocenters. The van der Waals surface area contributed by atoms with Crippen LogP contribution in [0, 0.1) is 28.6 Å². The Morgan fingerprint density at radius 1 is 1.10 bits per heavy atom. The van der Waals surface area contributed by atoms with Crippen molar-refractivity contribution in [1.29, 1.82) is 0 Å². The number of allylic oxidation sites excluding steroid dienone is 4. The summed E-state index contributed by atoms with van der Waals surface area (Å²) in [6.45, 7) is 3.12. The molecule has 2 aromatic carbocycles. The van der Waals surface area contributed by atoms with Gasteiger partial charge in [-0.3, -0.25) is 14.2 Å². The van der Waals surface area contributed by atoms with Gasteiger partial charge in [-0.1, -0.05) is 43.7 Å². The molecule has 260 valence electrons. The lowest BCUT2D eigenvalue weighted by molar-refractivity contribution is -0.178. The Kier molecular flexibility index (Phi) is 9.17. The molecule has 0 aromatic heterocycles. The number of aryl methyl sites for hydroxylation is 1. The van der Waals surface area contributed by atoms with E-state index in [0.29, 0.717) is 24.1 Å². The first-order chi connectivity index (χ1) is 23.1. The van der Waals surface area contributed by atoms with Crippen molar-refractivity contribution in [3.05, 3.63) is 77.4 Å². The summed E-state index contributed by atoms with van der Waals surface area (Å²) < 4.78 is 18.4. The highest BCUT2D eigenvalue weighted by atomic mass is 31.2. The molecule has 0 bridgehead atoms. The van der Waals surface area contributed by atoms with Crippen LogP contribution in [0.3, 0.4) is 0 Å². The average Bonchev–Trinajstić information content (AvgIpc) is 3.33. The number of ketones is 2. The summed E-state index contributed by atoms with van der Waals surface area (Å²) in [7, 11) is -4.31. The molecule has 8 atom stereocenters. The van der Waals surface area contributed by atoms with Crippen LogP contribution in [0.5, 0.6) is 5.75 Å². The van der Waals surface area contributed by atoms with Gasteiger partial charge in [0, 0.05) is 16.7 Å². The fourth-order valence-corrected chi connectivity index (χ4v) is 10.1. The fraction of sp³-hybridized carbons (Fsp3) is 0.472. The lowest BCUT2D eigenvalue weighted by Crippen LogP contribution is -2.61. The van der Waals surface area contributed by atoms with E-state index in [1.807, 2.05) is 13.0 Å². The second kappa shape index (κ2) is 12.8. The minimum atomic E-state index is -4.31.